The van der Waals surface area contributed by atoms with E-state index in [0.29, 0.717) is 5.92 Å². The van der Waals surface area contributed by atoms with Crippen LogP contribution in [0.25, 0.3) is 0 Å². The van der Waals surface area contributed by atoms with E-state index in [0.717, 1.165) is 31.8 Å². The van der Waals surface area contributed by atoms with E-state index in [-0.39, 0.29) is 29.3 Å². The van der Waals surface area contributed by atoms with Crippen LogP contribution in [0.3, 0.4) is 0 Å². The van der Waals surface area contributed by atoms with Gasteiger partial charge in [0.15, 0.2) is 0 Å². The molecule has 0 aromatic carbocycles. The lowest BCUT2D eigenvalue weighted by Crippen LogP contribution is -2.39. The Morgan fingerprint density at radius 3 is 2.90 bits per heavy atom. The molecule has 1 aromatic heterocycles. The maximum absolute atomic E-state index is 12.2. The highest BCUT2D eigenvalue weighted by Crippen LogP contribution is 2.47. The van der Waals surface area contributed by atoms with Crippen LogP contribution in [0.5, 0.6) is 0 Å². The largest absolute Gasteiger partial charge is 0.469 e. The molecule has 2 fully saturated rings. The van der Waals surface area contributed by atoms with Gasteiger partial charge < -0.3 is 14.5 Å². The maximum Gasteiger partial charge on any atom is 0.223 e. The fraction of sp³-hybridized carbons (Fsp3) is 0.706. The number of amides is 1. The van der Waals surface area contributed by atoms with Crippen LogP contribution >= 0.6 is 0 Å². The third-order valence-electron chi connectivity index (χ3n) is 4.64. The molecule has 1 aromatic rings. The van der Waals surface area contributed by atoms with E-state index in [2.05, 4.69) is 26.1 Å². The van der Waals surface area contributed by atoms with Crippen molar-refractivity contribution in [2.24, 2.45) is 17.3 Å². The number of nitrogens with one attached hydrogen (secondary N) is 1. The highest BCUT2D eigenvalue weighted by atomic mass is 16.5. The van der Waals surface area contributed by atoms with Crippen molar-refractivity contribution in [3.05, 3.63) is 24.2 Å². The van der Waals surface area contributed by atoms with Crippen LogP contribution in [0.4, 0.5) is 0 Å². The summed E-state index contributed by atoms with van der Waals surface area (Å²) in [6.45, 7) is 8.13. The van der Waals surface area contributed by atoms with E-state index >= 15 is 0 Å². The van der Waals surface area contributed by atoms with E-state index < -0.39 is 0 Å². The number of rotatable bonds is 4. The lowest BCUT2D eigenvalue weighted by Gasteiger charge is -2.31. The molecule has 1 N–H and O–H groups in total. The lowest BCUT2D eigenvalue weighted by atomic mass is 9.81. The number of hydrogen-bond donors (Lipinski definition) is 1. The first-order valence-corrected chi connectivity index (χ1v) is 7.89. The Bertz CT molecular complexity index is 489. The fourth-order valence-corrected chi connectivity index (χ4v) is 3.46. The average molecular weight is 291 g/mol. The molecule has 1 aliphatic carbocycles. The Labute approximate surface area is 126 Å². The molecule has 4 heteroatoms. The molecular weight excluding hydrogens is 266 g/mol. The van der Waals surface area contributed by atoms with E-state index in [1.807, 2.05) is 12.1 Å². The van der Waals surface area contributed by atoms with Crippen molar-refractivity contribution in [2.45, 2.75) is 45.6 Å². The van der Waals surface area contributed by atoms with Gasteiger partial charge in [0.2, 0.25) is 5.91 Å². The molecule has 2 aliphatic rings. The average Bonchev–Trinajstić information content (AvgIpc) is 2.88. The Kier molecular flexibility index (Phi) is 3.82. The summed E-state index contributed by atoms with van der Waals surface area (Å²) in [6, 6.07) is 3.84. The van der Waals surface area contributed by atoms with Gasteiger partial charge in [0, 0.05) is 30.9 Å². The summed E-state index contributed by atoms with van der Waals surface area (Å²) >= 11 is 0. The molecule has 4 nitrogen and oxygen atoms in total. The van der Waals surface area contributed by atoms with Crippen molar-refractivity contribution in [1.82, 2.24) is 5.32 Å². The van der Waals surface area contributed by atoms with Gasteiger partial charge in [0.25, 0.3) is 0 Å². The normalized spacial score (nSPS) is 32.1. The van der Waals surface area contributed by atoms with E-state index in [1.54, 1.807) is 6.26 Å². The van der Waals surface area contributed by atoms with Crippen molar-refractivity contribution in [1.29, 1.82) is 0 Å². The number of carbonyl (C=O) groups is 1. The van der Waals surface area contributed by atoms with E-state index in [9.17, 15) is 4.79 Å². The van der Waals surface area contributed by atoms with Crippen LogP contribution in [0, 0.1) is 17.3 Å². The fourth-order valence-electron chi connectivity index (χ4n) is 3.46. The molecule has 116 valence electrons. The smallest absolute Gasteiger partial charge is 0.223 e. The van der Waals surface area contributed by atoms with Crippen LogP contribution in [0.15, 0.2) is 22.8 Å². The number of hydrogen-bond acceptors (Lipinski definition) is 3. The lowest BCUT2D eigenvalue weighted by molar-refractivity contribution is -0.122. The monoisotopic (exact) mass is 291 g/mol. The van der Waals surface area contributed by atoms with Crippen molar-refractivity contribution in [3.8, 4) is 0 Å². The molecule has 4 atom stereocenters. The van der Waals surface area contributed by atoms with Crippen molar-refractivity contribution in [2.75, 3.05) is 13.2 Å². The van der Waals surface area contributed by atoms with Crippen LogP contribution in [-0.2, 0) is 9.53 Å². The second-order valence-corrected chi connectivity index (χ2v) is 7.42. The summed E-state index contributed by atoms with van der Waals surface area (Å²) in [5.41, 5.74) is 0.127. The highest BCUT2D eigenvalue weighted by molar-refractivity contribution is 5.82. The minimum atomic E-state index is 0.0894. The predicted molar refractivity (Wildman–Crippen MR) is 79.9 cm³/mol. The van der Waals surface area contributed by atoms with Gasteiger partial charge in [0.05, 0.1) is 12.4 Å². The summed E-state index contributed by atoms with van der Waals surface area (Å²) < 4.78 is 11.2. The molecule has 1 saturated carbocycles. The molecule has 3 rings (SSSR count). The second kappa shape index (κ2) is 5.48. The molecule has 0 bridgehead atoms. The summed E-state index contributed by atoms with van der Waals surface area (Å²) in [5.74, 6) is 1.89. The topological polar surface area (TPSA) is 51.5 Å². The standard InChI is InChI=1S/C17H25NO3/c1-17(2,3)15-11(6-8-21-15)10-18-16(19)13-9-12(13)14-5-4-7-20-14/h4-5,7,11-13,15H,6,8-10H2,1-3H3,(H,18,19)/t11-,12-,13-,15+/m1/s1. The summed E-state index contributed by atoms with van der Waals surface area (Å²) in [6.07, 6.45) is 3.85. The number of ether oxygens (including phenoxy) is 1. The SMILES string of the molecule is CC(C)(C)[C@H]1OCC[C@@H]1CNC(=O)[C@@H]1C[C@H]1c1ccco1. The van der Waals surface area contributed by atoms with Gasteiger partial charge in [-0.2, -0.15) is 0 Å². The summed E-state index contributed by atoms with van der Waals surface area (Å²) in [4.78, 5) is 12.2. The minimum absolute atomic E-state index is 0.0894. The Morgan fingerprint density at radius 2 is 2.24 bits per heavy atom. The van der Waals surface area contributed by atoms with Crippen LogP contribution < -0.4 is 5.32 Å². The predicted octanol–water partition coefficient (Wildman–Crippen LogP) is 2.95. The first-order valence-electron chi connectivity index (χ1n) is 7.89. The second-order valence-electron chi connectivity index (χ2n) is 7.42. The zero-order valence-electron chi connectivity index (χ0n) is 13.1. The first kappa shape index (κ1) is 14.6. The van der Waals surface area contributed by atoms with Gasteiger partial charge in [-0.05, 0) is 30.4 Å². The van der Waals surface area contributed by atoms with E-state index in [1.165, 1.54) is 0 Å². The Hall–Kier alpha value is -1.29. The third-order valence-corrected chi connectivity index (χ3v) is 4.64. The van der Waals surface area contributed by atoms with Crippen molar-refractivity contribution < 1.29 is 13.9 Å². The molecule has 2 heterocycles. The molecule has 0 radical (unpaired) electrons. The van der Waals surface area contributed by atoms with Crippen molar-refractivity contribution >= 4 is 5.91 Å². The minimum Gasteiger partial charge on any atom is -0.469 e. The van der Waals surface area contributed by atoms with Crippen molar-refractivity contribution in [3.63, 3.8) is 0 Å². The first-order chi connectivity index (χ1) is 9.97. The number of furan rings is 1. The zero-order valence-corrected chi connectivity index (χ0v) is 13.1. The summed E-state index contributed by atoms with van der Waals surface area (Å²) in [7, 11) is 0. The third kappa shape index (κ3) is 3.15. The van der Waals surface area contributed by atoms with E-state index in [4.69, 9.17) is 9.15 Å². The molecule has 1 aliphatic heterocycles. The quantitative estimate of drug-likeness (QED) is 0.928. The molecule has 1 amide bonds. The summed E-state index contributed by atoms with van der Waals surface area (Å²) in [5, 5.41) is 3.12. The van der Waals surface area contributed by atoms with Crippen LogP contribution in [0.1, 0.15) is 45.3 Å². The van der Waals surface area contributed by atoms with Gasteiger partial charge in [0.1, 0.15) is 5.76 Å². The van der Waals surface area contributed by atoms with Gasteiger partial charge in [-0.3, -0.25) is 4.79 Å². The van der Waals surface area contributed by atoms with Crippen LogP contribution in [0.2, 0.25) is 0 Å². The Balaban J connectivity index is 1.49. The molecular formula is C17H25NO3. The highest BCUT2D eigenvalue weighted by Gasteiger charge is 2.46. The zero-order chi connectivity index (χ0) is 15.0. The molecule has 0 unspecified atom stereocenters. The maximum atomic E-state index is 12.2. The van der Waals surface area contributed by atoms with Gasteiger partial charge in [-0.1, -0.05) is 20.8 Å². The van der Waals surface area contributed by atoms with Gasteiger partial charge >= 0.3 is 0 Å². The van der Waals surface area contributed by atoms with Gasteiger partial charge in [-0.15, -0.1) is 0 Å². The van der Waals surface area contributed by atoms with Crippen LogP contribution in [-0.4, -0.2) is 25.2 Å². The number of carbonyl (C=O) groups excluding carboxylic acids is 1. The molecule has 1 saturated heterocycles. The molecule has 21 heavy (non-hydrogen) atoms. The molecule has 0 spiro atoms. The Morgan fingerprint density at radius 1 is 1.43 bits per heavy atom. The van der Waals surface area contributed by atoms with Gasteiger partial charge in [-0.25, -0.2) is 0 Å².